The Morgan fingerprint density at radius 2 is 1.76 bits per heavy atom. The highest BCUT2D eigenvalue weighted by molar-refractivity contribution is 7.99. The zero-order valence-corrected chi connectivity index (χ0v) is 18.1. The molecule has 2 aromatic rings. The van der Waals surface area contributed by atoms with Gasteiger partial charge in [0.15, 0.2) is 5.11 Å². The minimum atomic E-state index is -0.663. The molecule has 0 aliphatic heterocycles. The lowest BCUT2D eigenvalue weighted by atomic mass is 10.2. The number of methoxy groups -OCH3 is 1. The molecule has 154 valence electrons. The van der Waals surface area contributed by atoms with Crippen LogP contribution < -0.4 is 16.0 Å². The molecule has 2 amide bonds. The Kier molecular flexibility index (Phi) is 9.46. The van der Waals surface area contributed by atoms with Gasteiger partial charge >= 0.3 is 6.09 Å². The van der Waals surface area contributed by atoms with Crippen LogP contribution in [-0.4, -0.2) is 24.2 Å². The number of amides is 2. The van der Waals surface area contributed by atoms with Gasteiger partial charge in [-0.3, -0.25) is 10.1 Å². The molecule has 0 unspecified atom stereocenters. The highest BCUT2D eigenvalue weighted by Crippen LogP contribution is 2.33. The Bertz CT molecular complexity index is 844. The topological polar surface area (TPSA) is 79.5 Å². The van der Waals surface area contributed by atoms with E-state index >= 15 is 0 Å². The van der Waals surface area contributed by atoms with Crippen LogP contribution >= 0.6 is 24.0 Å². The number of anilines is 2. The molecule has 0 aliphatic rings. The van der Waals surface area contributed by atoms with Crippen LogP contribution in [0.25, 0.3) is 0 Å². The molecular formula is C21H25N3O3S2. The summed E-state index contributed by atoms with van der Waals surface area (Å²) >= 11 is 6.72. The first-order valence-electron chi connectivity index (χ1n) is 9.34. The van der Waals surface area contributed by atoms with Crippen molar-refractivity contribution in [1.29, 1.82) is 0 Å². The summed E-state index contributed by atoms with van der Waals surface area (Å²) in [5, 5.41) is 8.37. The zero-order valence-electron chi connectivity index (χ0n) is 16.5. The molecule has 0 saturated carbocycles. The van der Waals surface area contributed by atoms with Crippen molar-refractivity contribution < 1.29 is 14.3 Å². The lowest BCUT2D eigenvalue weighted by Crippen LogP contribution is -2.34. The van der Waals surface area contributed by atoms with Crippen molar-refractivity contribution in [2.45, 2.75) is 42.4 Å². The van der Waals surface area contributed by atoms with Crippen molar-refractivity contribution in [3.63, 3.8) is 0 Å². The summed E-state index contributed by atoms with van der Waals surface area (Å²) in [6, 6.07) is 15.6. The maximum absolute atomic E-state index is 12.4. The van der Waals surface area contributed by atoms with Crippen LogP contribution in [0.2, 0.25) is 0 Å². The molecule has 0 atom stereocenters. The highest BCUT2D eigenvalue weighted by Gasteiger charge is 2.12. The number of unbranched alkanes of at least 4 members (excludes halogenated alkanes) is 2. The molecule has 8 heteroatoms. The fourth-order valence-electron chi connectivity index (χ4n) is 2.47. The standard InChI is InChI=1S/C21H25N3O3S2/c1-3-4-6-11-19(25)22-18-14-16(29-15-9-7-5-8-10-15)12-13-17(18)23-20(28)24-21(26)27-2/h5,7-10,12-14H,3-4,6,11H2,1-2H3,(H,22,25)(H2,23,24,26,28). The van der Waals surface area contributed by atoms with Crippen molar-refractivity contribution in [1.82, 2.24) is 5.32 Å². The second kappa shape index (κ2) is 12.1. The van der Waals surface area contributed by atoms with E-state index in [1.165, 1.54) is 7.11 Å². The third-order valence-corrected chi connectivity index (χ3v) is 5.10. The first kappa shape index (κ1) is 22.7. The number of ether oxygens (including phenoxy) is 1. The van der Waals surface area contributed by atoms with Crippen molar-refractivity contribution >= 4 is 52.5 Å². The number of carbonyl (C=O) groups excluding carboxylic acids is 2. The fraction of sp³-hybridized carbons (Fsp3) is 0.286. The maximum atomic E-state index is 12.4. The average Bonchev–Trinajstić information content (AvgIpc) is 2.70. The minimum absolute atomic E-state index is 0.0600. The van der Waals surface area contributed by atoms with Crippen LogP contribution in [0.15, 0.2) is 58.3 Å². The largest absolute Gasteiger partial charge is 0.453 e. The van der Waals surface area contributed by atoms with Gasteiger partial charge in [-0.2, -0.15) is 0 Å². The van der Waals surface area contributed by atoms with E-state index in [2.05, 4.69) is 27.6 Å². The Labute approximate surface area is 180 Å². The quantitative estimate of drug-likeness (QED) is 0.383. The number of thiocarbonyl (C=S) groups is 1. The summed E-state index contributed by atoms with van der Waals surface area (Å²) in [5.74, 6) is -0.0600. The Balaban J connectivity index is 2.17. The molecule has 0 saturated heterocycles. The number of alkyl carbamates (subject to hydrolysis) is 1. The van der Waals surface area contributed by atoms with E-state index in [0.29, 0.717) is 17.8 Å². The lowest BCUT2D eigenvalue weighted by Gasteiger charge is -2.15. The fourth-order valence-corrected chi connectivity index (χ4v) is 3.54. The molecule has 0 fully saturated rings. The molecule has 2 rings (SSSR count). The van der Waals surface area contributed by atoms with Crippen LogP contribution in [0.1, 0.15) is 32.6 Å². The Hall–Kier alpha value is -2.58. The number of nitrogens with one attached hydrogen (secondary N) is 3. The van der Waals surface area contributed by atoms with Gasteiger partial charge in [-0.25, -0.2) is 4.79 Å². The summed E-state index contributed by atoms with van der Waals surface area (Å²) < 4.78 is 4.54. The van der Waals surface area contributed by atoms with Crippen molar-refractivity contribution in [3.8, 4) is 0 Å². The zero-order chi connectivity index (χ0) is 21.1. The summed E-state index contributed by atoms with van der Waals surface area (Å²) in [6.07, 6.45) is 2.69. The molecule has 0 bridgehead atoms. The highest BCUT2D eigenvalue weighted by atomic mass is 32.2. The van der Waals surface area contributed by atoms with Gasteiger partial charge < -0.3 is 15.4 Å². The smallest absolute Gasteiger partial charge is 0.413 e. The van der Waals surface area contributed by atoms with E-state index in [-0.39, 0.29) is 11.0 Å². The van der Waals surface area contributed by atoms with Gasteiger partial charge in [0.05, 0.1) is 18.5 Å². The number of hydrogen-bond donors (Lipinski definition) is 3. The molecule has 3 N–H and O–H groups in total. The van der Waals surface area contributed by atoms with Gasteiger partial charge in [0.1, 0.15) is 0 Å². The second-order valence-corrected chi connectivity index (χ2v) is 7.75. The van der Waals surface area contributed by atoms with Gasteiger partial charge in [0, 0.05) is 16.2 Å². The van der Waals surface area contributed by atoms with Crippen molar-refractivity contribution in [3.05, 3.63) is 48.5 Å². The molecule has 0 heterocycles. The molecular weight excluding hydrogens is 406 g/mol. The van der Waals surface area contributed by atoms with Gasteiger partial charge in [-0.1, -0.05) is 49.7 Å². The van der Waals surface area contributed by atoms with Crippen LogP contribution in [0.3, 0.4) is 0 Å². The Morgan fingerprint density at radius 1 is 1.00 bits per heavy atom. The molecule has 0 radical (unpaired) electrons. The van der Waals surface area contributed by atoms with Crippen LogP contribution in [0, 0.1) is 0 Å². The van der Waals surface area contributed by atoms with E-state index in [1.54, 1.807) is 11.8 Å². The minimum Gasteiger partial charge on any atom is -0.453 e. The second-order valence-electron chi connectivity index (χ2n) is 6.20. The summed E-state index contributed by atoms with van der Waals surface area (Å²) in [7, 11) is 1.26. The summed E-state index contributed by atoms with van der Waals surface area (Å²) in [5.41, 5.74) is 1.19. The lowest BCUT2D eigenvalue weighted by molar-refractivity contribution is -0.116. The number of carbonyl (C=O) groups is 2. The van der Waals surface area contributed by atoms with Gasteiger partial charge in [0.2, 0.25) is 5.91 Å². The van der Waals surface area contributed by atoms with Crippen molar-refractivity contribution in [2.24, 2.45) is 0 Å². The molecule has 6 nitrogen and oxygen atoms in total. The molecule has 0 aromatic heterocycles. The summed E-state index contributed by atoms with van der Waals surface area (Å²) in [6.45, 7) is 2.10. The molecule has 2 aromatic carbocycles. The maximum Gasteiger partial charge on any atom is 0.413 e. The SMILES string of the molecule is CCCCCC(=O)Nc1cc(Sc2ccccc2)ccc1NC(=S)NC(=O)OC. The molecule has 29 heavy (non-hydrogen) atoms. The van der Waals surface area contributed by atoms with Gasteiger partial charge in [-0.15, -0.1) is 0 Å². The van der Waals surface area contributed by atoms with Crippen molar-refractivity contribution in [2.75, 3.05) is 17.7 Å². The number of rotatable bonds is 8. The number of hydrogen-bond acceptors (Lipinski definition) is 5. The van der Waals surface area contributed by atoms with E-state index in [1.807, 2.05) is 48.5 Å². The summed E-state index contributed by atoms with van der Waals surface area (Å²) in [4.78, 5) is 25.8. The predicted molar refractivity (Wildman–Crippen MR) is 122 cm³/mol. The third kappa shape index (κ3) is 8.13. The normalized spacial score (nSPS) is 10.1. The predicted octanol–water partition coefficient (Wildman–Crippen LogP) is 5.41. The Morgan fingerprint density at radius 3 is 2.45 bits per heavy atom. The van der Waals surface area contributed by atoms with E-state index in [9.17, 15) is 9.59 Å². The van der Waals surface area contributed by atoms with Crippen LogP contribution in [0.4, 0.5) is 16.2 Å². The monoisotopic (exact) mass is 431 g/mol. The van der Waals surface area contributed by atoms with Gasteiger partial charge in [-0.05, 0) is 49.0 Å². The number of benzene rings is 2. The van der Waals surface area contributed by atoms with E-state index in [0.717, 1.165) is 29.1 Å². The van der Waals surface area contributed by atoms with E-state index < -0.39 is 6.09 Å². The third-order valence-electron chi connectivity index (χ3n) is 3.90. The van der Waals surface area contributed by atoms with Gasteiger partial charge in [0.25, 0.3) is 0 Å². The molecule has 0 spiro atoms. The van der Waals surface area contributed by atoms with E-state index in [4.69, 9.17) is 12.2 Å². The first-order valence-corrected chi connectivity index (χ1v) is 10.6. The average molecular weight is 432 g/mol. The van der Waals surface area contributed by atoms with Crippen LogP contribution in [0.5, 0.6) is 0 Å². The first-order chi connectivity index (χ1) is 14.0. The molecule has 0 aliphatic carbocycles. The van der Waals surface area contributed by atoms with Crippen LogP contribution in [-0.2, 0) is 9.53 Å².